The van der Waals surface area contributed by atoms with Crippen molar-refractivity contribution in [3.05, 3.63) is 53.6 Å². The van der Waals surface area contributed by atoms with Crippen LogP contribution in [0.2, 0.25) is 0 Å². The van der Waals surface area contributed by atoms with Crippen molar-refractivity contribution in [1.29, 1.82) is 0 Å². The molecule has 0 unspecified atom stereocenters. The first-order valence-corrected chi connectivity index (χ1v) is 8.38. The predicted molar refractivity (Wildman–Crippen MR) is 88.3 cm³/mol. The molecule has 2 N–H and O–H groups in total. The molecule has 0 radical (unpaired) electrons. The Morgan fingerprint density at radius 2 is 1.68 bits per heavy atom. The Morgan fingerprint density at radius 1 is 1.08 bits per heavy atom. The first kappa shape index (κ1) is 18.3. The van der Waals surface area contributed by atoms with Gasteiger partial charge in [-0.2, -0.15) is 4.31 Å². The van der Waals surface area contributed by atoms with Crippen LogP contribution in [-0.4, -0.2) is 37.8 Å². The SMILES string of the molecule is COC(=O)c1ccc(N(C(=O)O)S(=O)(=O)c2cc(O)ccc2C)cc1. The van der Waals surface area contributed by atoms with Crippen molar-refractivity contribution in [2.45, 2.75) is 11.8 Å². The number of hydrogen-bond donors (Lipinski definition) is 2. The first-order valence-electron chi connectivity index (χ1n) is 6.94. The zero-order valence-corrected chi connectivity index (χ0v) is 14.1. The van der Waals surface area contributed by atoms with Crippen LogP contribution in [0.5, 0.6) is 5.75 Å². The molecule has 132 valence electrons. The van der Waals surface area contributed by atoms with Crippen molar-refractivity contribution in [2.75, 3.05) is 11.4 Å². The minimum atomic E-state index is -4.49. The van der Waals surface area contributed by atoms with Gasteiger partial charge < -0.3 is 14.9 Å². The summed E-state index contributed by atoms with van der Waals surface area (Å²) in [6, 6.07) is 8.49. The van der Waals surface area contributed by atoms with Gasteiger partial charge in [-0.3, -0.25) is 0 Å². The van der Waals surface area contributed by atoms with Crippen LogP contribution in [0.4, 0.5) is 10.5 Å². The zero-order valence-electron chi connectivity index (χ0n) is 13.3. The third-order valence-electron chi connectivity index (χ3n) is 3.39. The first-order chi connectivity index (χ1) is 11.7. The number of hydrogen-bond acceptors (Lipinski definition) is 6. The van der Waals surface area contributed by atoms with Crippen molar-refractivity contribution in [1.82, 2.24) is 0 Å². The van der Waals surface area contributed by atoms with Crippen LogP contribution < -0.4 is 4.31 Å². The summed E-state index contributed by atoms with van der Waals surface area (Å²) < 4.78 is 30.2. The van der Waals surface area contributed by atoms with Crippen LogP contribution in [0, 0.1) is 6.92 Å². The molecule has 9 heteroatoms. The summed E-state index contributed by atoms with van der Waals surface area (Å²) >= 11 is 0. The fourth-order valence-electron chi connectivity index (χ4n) is 2.17. The largest absolute Gasteiger partial charge is 0.508 e. The van der Waals surface area contributed by atoms with E-state index in [2.05, 4.69) is 4.74 Å². The van der Waals surface area contributed by atoms with Crippen molar-refractivity contribution in [3.8, 4) is 5.75 Å². The smallest absolute Gasteiger partial charge is 0.426 e. The minimum absolute atomic E-state index is 0.141. The van der Waals surface area contributed by atoms with E-state index in [1.165, 1.54) is 50.4 Å². The van der Waals surface area contributed by atoms with Gasteiger partial charge >= 0.3 is 12.1 Å². The van der Waals surface area contributed by atoms with E-state index >= 15 is 0 Å². The Morgan fingerprint density at radius 3 is 2.20 bits per heavy atom. The number of benzene rings is 2. The molecule has 0 saturated carbocycles. The maximum atomic E-state index is 12.8. The van der Waals surface area contributed by atoms with Gasteiger partial charge in [-0.25, -0.2) is 18.0 Å². The average Bonchev–Trinajstić information content (AvgIpc) is 2.56. The summed E-state index contributed by atoms with van der Waals surface area (Å²) in [7, 11) is -3.30. The number of phenols is 1. The quantitative estimate of drug-likeness (QED) is 0.798. The summed E-state index contributed by atoms with van der Waals surface area (Å²) in [6.45, 7) is 1.48. The number of phenolic OH excluding ortho intramolecular Hbond substituents is 1. The van der Waals surface area contributed by atoms with Gasteiger partial charge in [0.1, 0.15) is 5.75 Å². The highest BCUT2D eigenvalue weighted by Gasteiger charge is 2.32. The van der Waals surface area contributed by atoms with E-state index in [4.69, 9.17) is 0 Å². The third-order valence-corrected chi connectivity index (χ3v) is 5.23. The molecule has 2 aromatic carbocycles. The van der Waals surface area contributed by atoms with Crippen molar-refractivity contribution in [2.24, 2.45) is 0 Å². The van der Waals surface area contributed by atoms with Crippen molar-refractivity contribution >= 4 is 27.8 Å². The van der Waals surface area contributed by atoms with Crippen molar-refractivity contribution < 1.29 is 33.0 Å². The molecule has 0 aliphatic carbocycles. The Kier molecular flexibility index (Phi) is 4.98. The summed E-state index contributed by atoms with van der Waals surface area (Å²) in [4.78, 5) is 22.7. The molecular weight excluding hydrogens is 350 g/mol. The van der Waals surface area contributed by atoms with E-state index in [1.54, 1.807) is 0 Å². The number of methoxy groups -OCH3 is 1. The topological polar surface area (TPSA) is 121 Å². The number of carbonyl (C=O) groups is 2. The molecule has 0 atom stereocenters. The van der Waals surface area contributed by atoms with Crippen LogP contribution in [0.25, 0.3) is 0 Å². The lowest BCUT2D eigenvalue weighted by Gasteiger charge is -2.20. The molecule has 0 saturated heterocycles. The highest BCUT2D eigenvalue weighted by atomic mass is 32.2. The number of esters is 1. The van der Waals surface area contributed by atoms with E-state index in [1.807, 2.05) is 0 Å². The second-order valence-electron chi connectivity index (χ2n) is 5.04. The molecule has 1 amide bonds. The minimum Gasteiger partial charge on any atom is -0.508 e. The van der Waals surface area contributed by atoms with Gasteiger partial charge in [-0.1, -0.05) is 6.07 Å². The van der Waals surface area contributed by atoms with Crippen LogP contribution >= 0.6 is 0 Å². The molecule has 2 rings (SSSR count). The van der Waals surface area contributed by atoms with Gasteiger partial charge in [0.2, 0.25) is 0 Å². The van der Waals surface area contributed by atoms with Gasteiger partial charge in [0.25, 0.3) is 10.0 Å². The van der Waals surface area contributed by atoms with Crippen LogP contribution in [0.15, 0.2) is 47.4 Å². The lowest BCUT2D eigenvalue weighted by Crippen LogP contribution is -2.36. The molecule has 2 aromatic rings. The van der Waals surface area contributed by atoms with Gasteiger partial charge in [0.05, 0.1) is 23.3 Å². The normalized spacial score (nSPS) is 11.0. The molecule has 0 aliphatic heterocycles. The number of carbonyl (C=O) groups excluding carboxylic acids is 1. The lowest BCUT2D eigenvalue weighted by atomic mass is 10.2. The molecule has 0 bridgehead atoms. The van der Waals surface area contributed by atoms with Gasteiger partial charge in [-0.15, -0.1) is 0 Å². The number of sulfonamides is 1. The fraction of sp³-hybridized carbons (Fsp3) is 0.125. The summed E-state index contributed by atoms with van der Waals surface area (Å²) in [5.41, 5.74) is 0.237. The van der Waals surface area contributed by atoms with Crippen molar-refractivity contribution in [3.63, 3.8) is 0 Å². The second-order valence-corrected chi connectivity index (χ2v) is 6.80. The molecule has 0 spiro atoms. The van der Waals surface area contributed by atoms with Crippen LogP contribution in [0.3, 0.4) is 0 Å². The number of aromatic hydroxyl groups is 1. The number of nitrogens with zero attached hydrogens (tertiary/aromatic N) is 1. The third kappa shape index (κ3) is 3.56. The predicted octanol–water partition coefficient (Wildman–Crippen LogP) is 2.36. The standard InChI is InChI=1S/C16H15NO7S/c1-10-3-8-13(18)9-14(10)25(22,23)17(16(20)21)12-6-4-11(5-7-12)15(19)24-2/h3-9,18H,1-2H3,(H,20,21). The number of rotatable bonds is 4. The Hall–Kier alpha value is -3.07. The average molecular weight is 365 g/mol. The Labute approximate surface area is 143 Å². The molecule has 0 aromatic heterocycles. The molecule has 25 heavy (non-hydrogen) atoms. The number of anilines is 1. The monoisotopic (exact) mass is 365 g/mol. The van der Waals surface area contributed by atoms with Crippen LogP contribution in [-0.2, 0) is 14.8 Å². The second kappa shape index (κ2) is 6.81. The van der Waals surface area contributed by atoms with Gasteiger partial charge in [0, 0.05) is 6.07 Å². The maximum Gasteiger partial charge on any atom is 0.426 e. The van der Waals surface area contributed by atoms with Gasteiger partial charge in [-0.05, 0) is 42.8 Å². The fourth-order valence-corrected chi connectivity index (χ4v) is 3.71. The lowest BCUT2D eigenvalue weighted by molar-refractivity contribution is 0.0600. The summed E-state index contributed by atoms with van der Waals surface area (Å²) in [6.07, 6.45) is -1.73. The molecule has 0 heterocycles. The highest BCUT2D eigenvalue weighted by molar-refractivity contribution is 7.93. The van der Waals surface area contributed by atoms with E-state index in [0.717, 1.165) is 6.07 Å². The van der Waals surface area contributed by atoms with E-state index in [9.17, 15) is 28.2 Å². The summed E-state index contributed by atoms with van der Waals surface area (Å²) in [5.74, 6) is -0.948. The van der Waals surface area contributed by atoms with E-state index in [-0.39, 0.29) is 31.8 Å². The molecular formula is C16H15NO7S. The number of aryl methyl sites for hydroxylation is 1. The number of carboxylic acid groups (broad SMARTS) is 1. The molecule has 0 fully saturated rings. The summed E-state index contributed by atoms with van der Waals surface area (Å²) in [5, 5.41) is 18.9. The maximum absolute atomic E-state index is 12.8. The Bertz CT molecular complexity index is 920. The molecule has 0 aliphatic rings. The highest BCUT2D eigenvalue weighted by Crippen LogP contribution is 2.28. The number of amides is 1. The zero-order chi connectivity index (χ0) is 18.8. The van der Waals surface area contributed by atoms with E-state index < -0.39 is 22.1 Å². The van der Waals surface area contributed by atoms with Crippen LogP contribution in [0.1, 0.15) is 15.9 Å². The molecule has 8 nitrogen and oxygen atoms in total. The Balaban J connectivity index is 2.56. The van der Waals surface area contributed by atoms with Gasteiger partial charge in [0.15, 0.2) is 0 Å². The number of ether oxygens (including phenoxy) is 1. The van der Waals surface area contributed by atoms with E-state index in [0.29, 0.717) is 0 Å².